The third-order valence-corrected chi connectivity index (χ3v) is 3.82. The number of hydrogen-bond acceptors (Lipinski definition) is 3. The average Bonchev–Trinajstić information content (AvgIpc) is 2.41. The Labute approximate surface area is 115 Å². The van der Waals surface area contributed by atoms with E-state index in [0.29, 0.717) is 12.6 Å². The summed E-state index contributed by atoms with van der Waals surface area (Å²) >= 11 is 0. The molecule has 0 aromatic heterocycles. The Kier molecular flexibility index (Phi) is 4.93. The number of nitrogens with two attached hydrogens (primary N) is 1. The van der Waals surface area contributed by atoms with Crippen molar-refractivity contribution in [3.8, 4) is 0 Å². The van der Waals surface area contributed by atoms with E-state index in [1.807, 2.05) is 12.1 Å². The van der Waals surface area contributed by atoms with Gasteiger partial charge in [0.15, 0.2) is 0 Å². The molecule has 0 saturated carbocycles. The van der Waals surface area contributed by atoms with Crippen LogP contribution in [0.15, 0.2) is 24.3 Å². The normalized spacial score (nSPS) is 16.7. The molecule has 4 heteroatoms. The number of amides is 1. The number of piperidine rings is 1. The molecular weight excluding hydrogens is 238 g/mol. The molecule has 104 valence electrons. The second-order valence-electron chi connectivity index (χ2n) is 5.28. The smallest absolute Gasteiger partial charge is 0.231 e. The molecule has 1 aliphatic rings. The zero-order chi connectivity index (χ0) is 13.7. The number of carbonyl (C=O) groups is 1. The van der Waals surface area contributed by atoms with E-state index in [0.717, 1.165) is 32.5 Å². The van der Waals surface area contributed by atoms with Crippen LogP contribution in [0.2, 0.25) is 0 Å². The van der Waals surface area contributed by atoms with Crippen molar-refractivity contribution in [1.29, 1.82) is 0 Å². The highest BCUT2D eigenvalue weighted by Gasteiger charge is 2.22. The van der Waals surface area contributed by atoms with Crippen molar-refractivity contribution in [2.75, 3.05) is 19.6 Å². The van der Waals surface area contributed by atoms with Crippen molar-refractivity contribution < 1.29 is 4.79 Å². The predicted octanol–water partition coefficient (Wildman–Crippen LogP) is 1.03. The van der Waals surface area contributed by atoms with E-state index >= 15 is 0 Å². The predicted molar refractivity (Wildman–Crippen MR) is 76.7 cm³/mol. The molecule has 0 unspecified atom stereocenters. The third kappa shape index (κ3) is 4.04. The van der Waals surface area contributed by atoms with Crippen LogP contribution in [0.5, 0.6) is 0 Å². The van der Waals surface area contributed by atoms with Gasteiger partial charge in [-0.15, -0.1) is 0 Å². The molecule has 1 saturated heterocycles. The summed E-state index contributed by atoms with van der Waals surface area (Å²) in [5.41, 5.74) is 7.94. The number of rotatable bonds is 5. The molecular formula is C15H23N3O. The van der Waals surface area contributed by atoms with Crippen LogP contribution in [0, 0.1) is 6.92 Å². The van der Waals surface area contributed by atoms with Gasteiger partial charge in [-0.2, -0.15) is 0 Å². The monoisotopic (exact) mass is 261 g/mol. The van der Waals surface area contributed by atoms with E-state index in [1.165, 1.54) is 11.1 Å². The summed E-state index contributed by atoms with van der Waals surface area (Å²) in [6.07, 6.45) is 2.17. The van der Waals surface area contributed by atoms with Gasteiger partial charge < -0.3 is 11.1 Å². The molecule has 1 aromatic rings. The van der Waals surface area contributed by atoms with Crippen LogP contribution in [-0.4, -0.2) is 36.5 Å². The number of nitrogens with one attached hydrogen (secondary N) is 1. The quantitative estimate of drug-likeness (QED) is 0.832. The minimum absolute atomic E-state index is 0.243. The van der Waals surface area contributed by atoms with E-state index in [4.69, 9.17) is 5.73 Å². The van der Waals surface area contributed by atoms with Crippen molar-refractivity contribution in [2.24, 2.45) is 5.73 Å². The largest absolute Gasteiger partial charge is 0.369 e. The van der Waals surface area contributed by atoms with Gasteiger partial charge in [0.2, 0.25) is 5.91 Å². The van der Waals surface area contributed by atoms with Crippen LogP contribution in [0.1, 0.15) is 24.0 Å². The molecule has 2 rings (SSSR count). The molecule has 0 bridgehead atoms. The first kappa shape index (κ1) is 14.0. The van der Waals surface area contributed by atoms with Gasteiger partial charge >= 0.3 is 0 Å². The van der Waals surface area contributed by atoms with E-state index in [-0.39, 0.29) is 5.91 Å². The maximum atomic E-state index is 11.3. The summed E-state index contributed by atoms with van der Waals surface area (Å²) in [5.74, 6) is -0.243. The zero-order valence-electron chi connectivity index (χ0n) is 11.6. The van der Waals surface area contributed by atoms with Crippen LogP contribution in [0.4, 0.5) is 0 Å². The van der Waals surface area contributed by atoms with Crippen molar-refractivity contribution >= 4 is 5.91 Å². The fourth-order valence-electron chi connectivity index (χ4n) is 2.69. The summed E-state index contributed by atoms with van der Waals surface area (Å²) in [6, 6.07) is 8.79. The fourth-order valence-corrected chi connectivity index (χ4v) is 2.69. The van der Waals surface area contributed by atoms with Gasteiger partial charge in [0, 0.05) is 12.6 Å². The van der Waals surface area contributed by atoms with Gasteiger partial charge in [-0.3, -0.25) is 9.69 Å². The lowest BCUT2D eigenvalue weighted by molar-refractivity contribution is -0.120. The number of carbonyl (C=O) groups excluding carboxylic acids is 1. The molecule has 0 aliphatic carbocycles. The molecule has 4 nitrogen and oxygen atoms in total. The van der Waals surface area contributed by atoms with Gasteiger partial charge in [0.1, 0.15) is 0 Å². The van der Waals surface area contributed by atoms with Crippen LogP contribution in [0.25, 0.3) is 0 Å². The number of nitrogens with zero attached hydrogens (tertiary/aromatic N) is 1. The van der Waals surface area contributed by atoms with Gasteiger partial charge in [0.25, 0.3) is 0 Å². The summed E-state index contributed by atoms with van der Waals surface area (Å²) < 4.78 is 0. The molecule has 0 spiro atoms. The summed E-state index contributed by atoms with van der Waals surface area (Å²) in [6.45, 7) is 5.31. The minimum atomic E-state index is -0.243. The maximum absolute atomic E-state index is 11.3. The van der Waals surface area contributed by atoms with Crippen molar-refractivity contribution in [1.82, 2.24) is 10.2 Å². The van der Waals surface area contributed by atoms with Crippen LogP contribution < -0.4 is 11.1 Å². The number of aryl methyl sites for hydroxylation is 1. The Hall–Kier alpha value is -1.39. The molecule has 0 atom stereocenters. The standard InChI is InChI=1S/C15H23N3O/c1-12-4-2-3-5-13(12)10-18(11-15(16)19)14-6-8-17-9-7-14/h2-5,14,17H,6-11H2,1H3,(H2,16,19). The first-order chi connectivity index (χ1) is 9.16. The Morgan fingerprint density at radius 2 is 2.05 bits per heavy atom. The third-order valence-electron chi connectivity index (χ3n) is 3.82. The first-order valence-electron chi connectivity index (χ1n) is 6.94. The maximum Gasteiger partial charge on any atom is 0.231 e. The van der Waals surface area contributed by atoms with Gasteiger partial charge in [-0.05, 0) is 44.0 Å². The van der Waals surface area contributed by atoms with Gasteiger partial charge in [0.05, 0.1) is 6.54 Å². The molecule has 1 heterocycles. The number of primary amides is 1. The summed E-state index contributed by atoms with van der Waals surface area (Å²) in [7, 11) is 0. The Bertz CT molecular complexity index is 427. The average molecular weight is 261 g/mol. The molecule has 1 amide bonds. The topological polar surface area (TPSA) is 58.4 Å². The lowest BCUT2D eigenvalue weighted by atomic mass is 10.0. The molecule has 1 aliphatic heterocycles. The Morgan fingerprint density at radius 3 is 2.68 bits per heavy atom. The number of hydrogen-bond donors (Lipinski definition) is 2. The van der Waals surface area contributed by atoms with Crippen LogP contribution in [0.3, 0.4) is 0 Å². The molecule has 1 fully saturated rings. The minimum Gasteiger partial charge on any atom is -0.369 e. The lowest BCUT2D eigenvalue weighted by Crippen LogP contribution is -2.46. The first-order valence-corrected chi connectivity index (χ1v) is 6.94. The van der Waals surface area contributed by atoms with Crippen molar-refractivity contribution in [3.05, 3.63) is 35.4 Å². The number of benzene rings is 1. The van der Waals surface area contributed by atoms with Crippen molar-refractivity contribution in [2.45, 2.75) is 32.4 Å². The van der Waals surface area contributed by atoms with Gasteiger partial charge in [-0.25, -0.2) is 0 Å². The summed E-state index contributed by atoms with van der Waals surface area (Å²) in [4.78, 5) is 13.5. The van der Waals surface area contributed by atoms with Crippen LogP contribution >= 0.6 is 0 Å². The highest BCUT2D eigenvalue weighted by atomic mass is 16.1. The van der Waals surface area contributed by atoms with Crippen molar-refractivity contribution in [3.63, 3.8) is 0 Å². The Balaban J connectivity index is 2.08. The van der Waals surface area contributed by atoms with E-state index in [2.05, 4.69) is 29.3 Å². The second-order valence-corrected chi connectivity index (χ2v) is 5.28. The van der Waals surface area contributed by atoms with E-state index in [9.17, 15) is 4.79 Å². The fraction of sp³-hybridized carbons (Fsp3) is 0.533. The second kappa shape index (κ2) is 6.68. The highest BCUT2D eigenvalue weighted by Crippen LogP contribution is 2.17. The van der Waals surface area contributed by atoms with E-state index in [1.54, 1.807) is 0 Å². The Morgan fingerprint density at radius 1 is 1.37 bits per heavy atom. The molecule has 3 N–H and O–H groups in total. The molecule has 0 radical (unpaired) electrons. The zero-order valence-corrected chi connectivity index (χ0v) is 11.6. The van der Waals surface area contributed by atoms with Gasteiger partial charge in [-0.1, -0.05) is 24.3 Å². The molecule has 1 aromatic carbocycles. The lowest BCUT2D eigenvalue weighted by Gasteiger charge is -2.34. The van der Waals surface area contributed by atoms with E-state index < -0.39 is 0 Å². The highest BCUT2D eigenvalue weighted by molar-refractivity contribution is 5.76. The van der Waals surface area contributed by atoms with Crippen LogP contribution in [-0.2, 0) is 11.3 Å². The molecule has 19 heavy (non-hydrogen) atoms. The summed E-state index contributed by atoms with van der Waals surface area (Å²) in [5, 5.41) is 3.36. The SMILES string of the molecule is Cc1ccccc1CN(CC(N)=O)C1CCNCC1.